The molecule has 1 fully saturated rings. The Balaban J connectivity index is 2.20. The van der Waals surface area contributed by atoms with Gasteiger partial charge < -0.3 is 5.11 Å². The van der Waals surface area contributed by atoms with E-state index in [4.69, 9.17) is 0 Å². The standard InChI is InChI=1S/C13H16O2S/c1-13(11(14)8-5-9-12(13)15)16-10-6-3-2-4-7-10/h2-4,6-7,11,14H,5,8-9H2,1H3. The monoisotopic (exact) mass is 236 g/mol. The summed E-state index contributed by atoms with van der Waals surface area (Å²) in [6.45, 7) is 1.86. The first kappa shape index (κ1) is 11.7. The first-order valence-corrected chi connectivity index (χ1v) is 6.40. The third-order valence-corrected chi connectivity index (χ3v) is 4.58. The van der Waals surface area contributed by atoms with Crippen molar-refractivity contribution >= 4 is 17.5 Å². The number of hydrogen-bond acceptors (Lipinski definition) is 3. The summed E-state index contributed by atoms with van der Waals surface area (Å²) < 4.78 is -0.667. The average Bonchev–Trinajstić information content (AvgIpc) is 2.28. The number of hydrogen-bond donors (Lipinski definition) is 1. The summed E-state index contributed by atoms with van der Waals surface area (Å²) in [5, 5.41) is 10.0. The van der Waals surface area contributed by atoms with Crippen LogP contribution >= 0.6 is 11.8 Å². The number of Topliss-reactive ketones (excluding diaryl/α,β-unsaturated/α-hetero) is 1. The van der Waals surface area contributed by atoms with Gasteiger partial charge in [0.1, 0.15) is 4.75 Å². The van der Waals surface area contributed by atoms with Crippen LogP contribution in [0.1, 0.15) is 26.2 Å². The van der Waals surface area contributed by atoms with Gasteiger partial charge in [-0.2, -0.15) is 0 Å². The minimum atomic E-state index is -0.667. The molecule has 3 heteroatoms. The molecule has 1 N–H and O–H groups in total. The largest absolute Gasteiger partial charge is 0.391 e. The number of carbonyl (C=O) groups is 1. The van der Waals surface area contributed by atoms with Crippen molar-refractivity contribution in [3.05, 3.63) is 30.3 Å². The Bertz CT molecular complexity index is 377. The molecule has 1 aliphatic rings. The lowest BCUT2D eigenvalue weighted by Gasteiger charge is -2.36. The molecule has 16 heavy (non-hydrogen) atoms. The normalized spacial score (nSPS) is 30.4. The third-order valence-electron chi connectivity index (χ3n) is 3.14. The van der Waals surface area contributed by atoms with Gasteiger partial charge in [0.25, 0.3) is 0 Å². The number of ketones is 1. The number of aliphatic hydroxyl groups is 1. The molecule has 0 spiro atoms. The van der Waals surface area contributed by atoms with Gasteiger partial charge in [-0.25, -0.2) is 0 Å². The van der Waals surface area contributed by atoms with E-state index in [0.717, 1.165) is 17.7 Å². The Hall–Kier alpha value is -0.800. The average molecular weight is 236 g/mol. The van der Waals surface area contributed by atoms with E-state index in [-0.39, 0.29) is 5.78 Å². The molecule has 0 saturated heterocycles. The number of carbonyl (C=O) groups excluding carboxylic acids is 1. The molecule has 0 amide bonds. The van der Waals surface area contributed by atoms with Crippen molar-refractivity contribution in [3.8, 4) is 0 Å². The summed E-state index contributed by atoms with van der Waals surface area (Å²) in [5.74, 6) is 0.167. The topological polar surface area (TPSA) is 37.3 Å². The van der Waals surface area contributed by atoms with Gasteiger partial charge in [0, 0.05) is 11.3 Å². The van der Waals surface area contributed by atoms with E-state index >= 15 is 0 Å². The minimum absolute atomic E-state index is 0.167. The molecule has 2 unspecified atom stereocenters. The number of rotatable bonds is 2. The molecule has 1 aliphatic carbocycles. The highest BCUT2D eigenvalue weighted by atomic mass is 32.2. The zero-order valence-corrected chi connectivity index (χ0v) is 10.2. The van der Waals surface area contributed by atoms with Gasteiger partial charge in [0.05, 0.1) is 6.10 Å². The van der Waals surface area contributed by atoms with Crippen molar-refractivity contribution in [1.82, 2.24) is 0 Å². The summed E-state index contributed by atoms with van der Waals surface area (Å²) >= 11 is 1.48. The summed E-state index contributed by atoms with van der Waals surface area (Å²) in [4.78, 5) is 13.0. The Morgan fingerprint density at radius 1 is 1.38 bits per heavy atom. The Morgan fingerprint density at radius 2 is 2.06 bits per heavy atom. The molecule has 1 aromatic rings. The third kappa shape index (κ3) is 2.15. The molecular formula is C13H16O2S. The highest BCUT2D eigenvalue weighted by Crippen LogP contribution is 2.41. The first-order valence-electron chi connectivity index (χ1n) is 5.58. The van der Waals surface area contributed by atoms with Crippen LogP contribution in [0.15, 0.2) is 35.2 Å². The maximum Gasteiger partial charge on any atom is 0.151 e. The first-order chi connectivity index (χ1) is 7.63. The quantitative estimate of drug-likeness (QED) is 0.857. The van der Waals surface area contributed by atoms with Gasteiger partial charge >= 0.3 is 0 Å². The van der Waals surface area contributed by atoms with Crippen LogP contribution in [-0.4, -0.2) is 21.7 Å². The van der Waals surface area contributed by atoms with Crippen molar-refractivity contribution in [3.63, 3.8) is 0 Å². The van der Waals surface area contributed by atoms with Crippen LogP contribution in [-0.2, 0) is 4.79 Å². The predicted molar refractivity (Wildman–Crippen MR) is 65.6 cm³/mol. The number of aliphatic hydroxyl groups excluding tert-OH is 1. The highest BCUT2D eigenvalue weighted by molar-refractivity contribution is 8.01. The fourth-order valence-corrected chi connectivity index (χ4v) is 3.28. The maximum absolute atomic E-state index is 11.9. The number of benzene rings is 1. The molecule has 0 bridgehead atoms. The molecule has 0 aromatic heterocycles. The molecule has 1 saturated carbocycles. The summed E-state index contributed by atoms with van der Waals surface area (Å²) in [7, 11) is 0. The van der Waals surface area contributed by atoms with Crippen molar-refractivity contribution in [2.24, 2.45) is 0 Å². The van der Waals surface area contributed by atoms with Gasteiger partial charge in [-0.05, 0) is 31.9 Å². The SMILES string of the molecule is CC1(Sc2ccccc2)C(=O)CCCC1O. The van der Waals surface area contributed by atoms with Gasteiger partial charge in [0.15, 0.2) is 5.78 Å². The van der Waals surface area contributed by atoms with E-state index in [1.807, 2.05) is 37.3 Å². The molecule has 0 radical (unpaired) electrons. The van der Waals surface area contributed by atoms with E-state index in [1.54, 1.807) is 0 Å². The van der Waals surface area contributed by atoms with Gasteiger partial charge in [0.2, 0.25) is 0 Å². The molecule has 1 aromatic carbocycles. The summed E-state index contributed by atoms with van der Waals surface area (Å²) in [6.07, 6.45) is 1.60. The van der Waals surface area contributed by atoms with Gasteiger partial charge in [-0.3, -0.25) is 4.79 Å². The summed E-state index contributed by atoms with van der Waals surface area (Å²) in [6, 6.07) is 9.80. The van der Waals surface area contributed by atoms with Crippen molar-refractivity contribution < 1.29 is 9.90 Å². The fourth-order valence-electron chi connectivity index (χ4n) is 2.02. The lowest BCUT2D eigenvalue weighted by Crippen LogP contribution is -2.46. The second-order valence-electron chi connectivity index (χ2n) is 4.35. The molecule has 0 aliphatic heterocycles. The predicted octanol–water partition coefficient (Wildman–Crippen LogP) is 2.65. The van der Waals surface area contributed by atoms with Crippen LogP contribution in [0.3, 0.4) is 0 Å². The zero-order valence-electron chi connectivity index (χ0n) is 9.35. The van der Waals surface area contributed by atoms with Crippen molar-refractivity contribution in [1.29, 1.82) is 0 Å². The Kier molecular flexibility index (Phi) is 3.36. The second-order valence-corrected chi connectivity index (χ2v) is 5.88. The zero-order chi connectivity index (χ0) is 11.6. The van der Waals surface area contributed by atoms with Gasteiger partial charge in [-0.1, -0.05) is 18.2 Å². The molecule has 0 heterocycles. The minimum Gasteiger partial charge on any atom is -0.391 e. The lowest BCUT2D eigenvalue weighted by molar-refractivity contribution is -0.126. The summed E-state index contributed by atoms with van der Waals surface area (Å²) in [5.41, 5.74) is 0. The molecular weight excluding hydrogens is 220 g/mol. The smallest absolute Gasteiger partial charge is 0.151 e. The lowest BCUT2D eigenvalue weighted by atomic mass is 9.86. The van der Waals surface area contributed by atoms with Crippen LogP contribution < -0.4 is 0 Å². The molecule has 86 valence electrons. The van der Waals surface area contributed by atoms with E-state index in [1.165, 1.54) is 11.8 Å². The number of thioether (sulfide) groups is 1. The van der Waals surface area contributed by atoms with Crippen molar-refractivity contribution in [2.45, 2.75) is 41.9 Å². The van der Waals surface area contributed by atoms with E-state index in [9.17, 15) is 9.90 Å². The van der Waals surface area contributed by atoms with E-state index in [0.29, 0.717) is 6.42 Å². The van der Waals surface area contributed by atoms with E-state index < -0.39 is 10.9 Å². The molecule has 2 rings (SSSR count). The Morgan fingerprint density at radius 3 is 2.69 bits per heavy atom. The van der Waals surface area contributed by atoms with Gasteiger partial charge in [-0.15, -0.1) is 11.8 Å². The van der Waals surface area contributed by atoms with E-state index in [2.05, 4.69) is 0 Å². The second kappa shape index (κ2) is 4.60. The van der Waals surface area contributed by atoms with Crippen LogP contribution in [0.5, 0.6) is 0 Å². The highest BCUT2D eigenvalue weighted by Gasteiger charge is 2.43. The van der Waals surface area contributed by atoms with Crippen LogP contribution in [0, 0.1) is 0 Å². The molecule has 2 nitrogen and oxygen atoms in total. The fraction of sp³-hybridized carbons (Fsp3) is 0.462. The van der Waals surface area contributed by atoms with Crippen molar-refractivity contribution in [2.75, 3.05) is 0 Å². The van der Waals surface area contributed by atoms with Crippen LogP contribution in [0.2, 0.25) is 0 Å². The Labute approximate surface area is 100 Å². The van der Waals surface area contributed by atoms with Crippen LogP contribution in [0.4, 0.5) is 0 Å². The van der Waals surface area contributed by atoms with Crippen LogP contribution in [0.25, 0.3) is 0 Å². The molecule has 2 atom stereocenters. The maximum atomic E-state index is 11.9.